The summed E-state index contributed by atoms with van der Waals surface area (Å²) in [5, 5.41) is 0. The molecule has 1 aliphatic carbocycles. The Labute approximate surface area is 106 Å². The van der Waals surface area contributed by atoms with E-state index in [1.165, 1.54) is 38.2 Å². The van der Waals surface area contributed by atoms with E-state index in [2.05, 4.69) is 16.6 Å². The first-order valence-electron chi connectivity index (χ1n) is 6.59. The summed E-state index contributed by atoms with van der Waals surface area (Å²) in [6.07, 6.45) is 7.80. The van der Waals surface area contributed by atoms with Crippen LogP contribution in [0.3, 0.4) is 0 Å². The maximum atomic E-state index is 12.0. The first kappa shape index (κ1) is 13.2. The standard InChI is InChI=1S/C14H19F2NO/c1-2-10-3-5-11(6-4-10)12-7-8-13(17-9-12)18-14(15)16/h7-11,14H,2-6H2,1H3/t10-,11-. The van der Waals surface area contributed by atoms with Crippen molar-refractivity contribution in [2.24, 2.45) is 5.92 Å². The van der Waals surface area contributed by atoms with Crippen LogP contribution in [0.4, 0.5) is 8.78 Å². The molecule has 0 radical (unpaired) electrons. The fourth-order valence-corrected chi connectivity index (χ4v) is 2.70. The molecule has 1 aromatic rings. The van der Waals surface area contributed by atoms with Gasteiger partial charge in [0.05, 0.1) is 0 Å². The monoisotopic (exact) mass is 255 g/mol. The van der Waals surface area contributed by atoms with Gasteiger partial charge in [0.25, 0.3) is 0 Å². The van der Waals surface area contributed by atoms with Crippen molar-refractivity contribution in [1.29, 1.82) is 0 Å². The van der Waals surface area contributed by atoms with Crippen LogP contribution in [0, 0.1) is 5.92 Å². The molecule has 1 aliphatic rings. The van der Waals surface area contributed by atoms with Gasteiger partial charge in [-0.1, -0.05) is 19.4 Å². The van der Waals surface area contributed by atoms with E-state index >= 15 is 0 Å². The SMILES string of the molecule is CC[C@H]1CC[C@H](c2ccc(OC(F)F)nc2)CC1. The van der Waals surface area contributed by atoms with Gasteiger partial charge in [-0.25, -0.2) is 4.98 Å². The van der Waals surface area contributed by atoms with E-state index in [9.17, 15) is 8.78 Å². The van der Waals surface area contributed by atoms with Gasteiger partial charge >= 0.3 is 6.61 Å². The molecule has 1 heterocycles. The van der Waals surface area contributed by atoms with Gasteiger partial charge in [0.15, 0.2) is 0 Å². The Morgan fingerprint density at radius 2 is 2.00 bits per heavy atom. The molecular formula is C14H19F2NO. The van der Waals surface area contributed by atoms with Gasteiger partial charge in [-0.15, -0.1) is 0 Å². The van der Waals surface area contributed by atoms with Gasteiger partial charge in [0.2, 0.25) is 5.88 Å². The van der Waals surface area contributed by atoms with E-state index in [4.69, 9.17) is 0 Å². The first-order valence-corrected chi connectivity index (χ1v) is 6.59. The summed E-state index contributed by atoms with van der Waals surface area (Å²) < 4.78 is 28.2. The summed E-state index contributed by atoms with van der Waals surface area (Å²) in [5.41, 5.74) is 1.14. The zero-order valence-electron chi connectivity index (χ0n) is 10.6. The van der Waals surface area contributed by atoms with Crippen LogP contribution in [0.2, 0.25) is 0 Å². The molecule has 0 amide bonds. The van der Waals surface area contributed by atoms with E-state index in [0.29, 0.717) is 5.92 Å². The molecule has 0 spiro atoms. The zero-order valence-corrected chi connectivity index (χ0v) is 10.6. The third-order valence-electron chi connectivity index (χ3n) is 3.86. The van der Waals surface area contributed by atoms with Crippen molar-refractivity contribution in [2.45, 2.75) is 51.6 Å². The topological polar surface area (TPSA) is 22.1 Å². The van der Waals surface area contributed by atoms with Crippen LogP contribution in [0.25, 0.3) is 0 Å². The van der Waals surface area contributed by atoms with Crippen molar-refractivity contribution in [3.05, 3.63) is 23.9 Å². The molecule has 0 atom stereocenters. The number of nitrogens with zero attached hydrogens (tertiary/aromatic N) is 1. The van der Waals surface area contributed by atoms with Crippen LogP contribution in [0.5, 0.6) is 5.88 Å². The third kappa shape index (κ3) is 3.40. The zero-order chi connectivity index (χ0) is 13.0. The van der Waals surface area contributed by atoms with Gasteiger partial charge < -0.3 is 4.74 Å². The number of hydrogen-bond donors (Lipinski definition) is 0. The van der Waals surface area contributed by atoms with E-state index in [1.54, 1.807) is 6.20 Å². The number of ether oxygens (including phenoxy) is 1. The lowest BCUT2D eigenvalue weighted by molar-refractivity contribution is -0.0528. The first-order chi connectivity index (χ1) is 8.69. The van der Waals surface area contributed by atoms with Crippen molar-refractivity contribution < 1.29 is 13.5 Å². The Morgan fingerprint density at radius 1 is 1.28 bits per heavy atom. The Balaban J connectivity index is 1.93. The van der Waals surface area contributed by atoms with Crippen LogP contribution in [-0.2, 0) is 0 Å². The molecule has 2 nitrogen and oxygen atoms in total. The Kier molecular flexibility index (Phi) is 4.50. The minimum Gasteiger partial charge on any atom is -0.417 e. The highest BCUT2D eigenvalue weighted by Gasteiger charge is 2.21. The number of alkyl halides is 2. The van der Waals surface area contributed by atoms with Crippen molar-refractivity contribution in [1.82, 2.24) is 4.98 Å². The summed E-state index contributed by atoms with van der Waals surface area (Å²) in [7, 11) is 0. The summed E-state index contributed by atoms with van der Waals surface area (Å²) in [4.78, 5) is 3.93. The number of aromatic nitrogens is 1. The quantitative estimate of drug-likeness (QED) is 0.797. The minimum absolute atomic E-state index is 0.00371. The molecule has 0 aromatic carbocycles. The molecule has 0 unspecified atom stereocenters. The highest BCUT2D eigenvalue weighted by atomic mass is 19.3. The van der Waals surface area contributed by atoms with Crippen LogP contribution in [0.15, 0.2) is 18.3 Å². The fraction of sp³-hybridized carbons (Fsp3) is 0.643. The molecule has 0 saturated heterocycles. The van der Waals surface area contributed by atoms with Gasteiger partial charge in [-0.2, -0.15) is 8.78 Å². The molecule has 1 saturated carbocycles. The van der Waals surface area contributed by atoms with Crippen LogP contribution in [0.1, 0.15) is 50.5 Å². The van der Waals surface area contributed by atoms with E-state index < -0.39 is 6.61 Å². The van der Waals surface area contributed by atoms with Crippen LogP contribution < -0.4 is 4.74 Å². The number of rotatable bonds is 4. The van der Waals surface area contributed by atoms with Gasteiger partial charge in [0, 0.05) is 12.3 Å². The molecule has 18 heavy (non-hydrogen) atoms. The number of hydrogen-bond acceptors (Lipinski definition) is 2. The van der Waals surface area contributed by atoms with Crippen molar-refractivity contribution in [3.8, 4) is 5.88 Å². The molecular weight excluding hydrogens is 236 g/mol. The second kappa shape index (κ2) is 6.12. The summed E-state index contributed by atoms with van der Waals surface area (Å²) in [6.45, 7) is -0.563. The van der Waals surface area contributed by atoms with Crippen LogP contribution in [-0.4, -0.2) is 11.6 Å². The highest BCUT2D eigenvalue weighted by molar-refractivity contribution is 5.21. The average molecular weight is 255 g/mol. The molecule has 1 aromatic heterocycles. The molecule has 4 heteroatoms. The molecule has 2 rings (SSSR count). The Hall–Kier alpha value is -1.19. The number of pyridine rings is 1. The van der Waals surface area contributed by atoms with E-state index in [1.807, 2.05) is 6.07 Å². The lowest BCUT2D eigenvalue weighted by Crippen LogP contribution is -2.13. The number of halogens is 2. The van der Waals surface area contributed by atoms with Gasteiger partial charge in [0.1, 0.15) is 0 Å². The fourth-order valence-electron chi connectivity index (χ4n) is 2.70. The van der Waals surface area contributed by atoms with Crippen LogP contribution >= 0.6 is 0 Å². The maximum absolute atomic E-state index is 12.0. The van der Waals surface area contributed by atoms with Gasteiger partial charge in [-0.3, -0.25) is 0 Å². The predicted molar refractivity (Wildman–Crippen MR) is 65.9 cm³/mol. The highest BCUT2D eigenvalue weighted by Crippen LogP contribution is 2.36. The Bertz CT molecular complexity index is 359. The molecule has 100 valence electrons. The summed E-state index contributed by atoms with van der Waals surface area (Å²) in [5.74, 6) is 1.38. The predicted octanol–water partition coefficient (Wildman–Crippen LogP) is 4.37. The molecule has 0 aliphatic heterocycles. The smallest absolute Gasteiger partial charge is 0.388 e. The maximum Gasteiger partial charge on any atom is 0.388 e. The lowest BCUT2D eigenvalue weighted by Gasteiger charge is -2.27. The second-order valence-electron chi connectivity index (χ2n) is 4.93. The second-order valence-corrected chi connectivity index (χ2v) is 4.93. The van der Waals surface area contributed by atoms with E-state index in [0.717, 1.165) is 11.5 Å². The summed E-state index contributed by atoms with van der Waals surface area (Å²) in [6, 6.07) is 3.40. The largest absolute Gasteiger partial charge is 0.417 e. The Morgan fingerprint density at radius 3 is 2.50 bits per heavy atom. The van der Waals surface area contributed by atoms with Crippen molar-refractivity contribution in [3.63, 3.8) is 0 Å². The summed E-state index contributed by atoms with van der Waals surface area (Å²) >= 11 is 0. The minimum atomic E-state index is -2.80. The third-order valence-corrected chi connectivity index (χ3v) is 3.86. The van der Waals surface area contributed by atoms with E-state index in [-0.39, 0.29) is 5.88 Å². The normalized spacial score (nSPS) is 24.2. The molecule has 0 bridgehead atoms. The molecule has 0 N–H and O–H groups in total. The molecule has 1 fully saturated rings. The lowest BCUT2D eigenvalue weighted by atomic mass is 9.78. The van der Waals surface area contributed by atoms with Crippen molar-refractivity contribution >= 4 is 0 Å². The van der Waals surface area contributed by atoms with Gasteiger partial charge in [-0.05, 0) is 43.1 Å². The van der Waals surface area contributed by atoms with Crippen molar-refractivity contribution in [2.75, 3.05) is 0 Å². The average Bonchev–Trinajstić information content (AvgIpc) is 2.39.